The summed E-state index contributed by atoms with van der Waals surface area (Å²) in [5, 5.41) is 13.6. The van der Waals surface area contributed by atoms with Gasteiger partial charge in [0.1, 0.15) is 0 Å². The molecule has 2 N–H and O–H groups in total. The molecule has 1 heterocycles. The van der Waals surface area contributed by atoms with E-state index in [4.69, 9.17) is 5.11 Å². The van der Waals surface area contributed by atoms with Gasteiger partial charge in [-0.05, 0) is 30.4 Å². The lowest BCUT2D eigenvalue weighted by molar-refractivity contribution is -0.141. The van der Waals surface area contributed by atoms with Crippen LogP contribution in [0.5, 0.6) is 0 Å². The second-order valence-corrected chi connectivity index (χ2v) is 5.63. The minimum Gasteiger partial charge on any atom is -0.481 e. The number of carbonyl (C=O) groups is 2. The summed E-state index contributed by atoms with van der Waals surface area (Å²) in [6, 6.07) is 1.82. The third-order valence-corrected chi connectivity index (χ3v) is 4.00. The van der Waals surface area contributed by atoms with Crippen LogP contribution >= 0.6 is 11.3 Å². The van der Waals surface area contributed by atoms with E-state index < -0.39 is 11.9 Å². The number of urea groups is 1. The summed E-state index contributed by atoms with van der Waals surface area (Å²) < 4.78 is 0. The van der Waals surface area contributed by atoms with E-state index >= 15 is 0 Å². The smallest absolute Gasteiger partial charge is 0.317 e. The molecule has 106 valence electrons. The number of nitrogens with zero attached hydrogens (tertiary/aromatic N) is 1. The Morgan fingerprint density at radius 2 is 2.21 bits per heavy atom. The first-order chi connectivity index (χ1) is 8.91. The lowest BCUT2D eigenvalue weighted by atomic mass is 10.2. The summed E-state index contributed by atoms with van der Waals surface area (Å²) in [6.45, 7) is 4.40. The number of nitrogens with one attached hydrogen (secondary N) is 1. The van der Waals surface area contributed by atoms with E-state index in [0.717, 1.165) is 6.42 Å². The van der Waals surface area contributed by atoms with Crippen LogP contribution < -0.4 is 5.32 Å². The number of aliphatic carboxylic acids is 1. The average molecular weight is 284 g/mol. The molecule has 19 heavy (non-hydrogen) atoms. The lowest BCUT2D eigenvalue weighted by Gasteiger charge is -2.19. The molecule has 0 radical (unpaired) electrons. The molecular weight excluding hydrogens is 264 g/mol. The number of aryl methyl sites for hydroxylation is 1. The highest BCUT2D eigenvalue weighted by molar-refractivity contribution is 7.10. The molecule has 0 aliphatic rings. The topological polar surface area (TPSA) is 69.6 Å². The molecule has 0 aromatic carbocycles. The summed E-state index contributed by atoms with van der Waals surface area (Å²) in [5.41, 5.74) is 1.24. The van der Waals surface area contributed by atoms with E-state index in [9.17, 15) is 9.59 Å². The number of thiophene rings is 1. The van der Waals surface area contributed by atoms with Crippen molar-refractivity contribution in [2.24, 2.45) is 5.92 Å². The van der Waals surface area contributed by atoms with Crippen molar-refractivity contribution in [3.05, 3.63) is 21.9 Å². The largest absolute Gasteiger partial charge is 0.481 e. The van der Waals surface area contributed by atoms with Gasteiger partial charge in [0.2, 0.25) is 0 Å². The monoisotopic (exact) mass is 284 g/mol. The van der Waals surface area contributed by atoms with E-state index in [0.29, 0.717) is 6.54 Å². The molecule has 0 saturated carbocycles. The summed E-state index contributed by atoms with van der Waals surface area (Å²) >= 11 is 1.68. The van der Waals surface area contributed by atoms with Gasteiger partial charge < -0.3 is 15.3 Å². The maximum absolute atomic E-state index is 11.7. The third kappa shape index (κ3) is 4.90. The fourth-order valence-corrected chi connectivity index (χ4v) is 2.56. The van der Waals surface area contributed by atoms with Crippen molar-refractivity contribution in [1.82, 2.24) is 10.2 Å². The Hall–Kier alpha value is -1.56. The summed E-state index contributed by atoms with van der Waals surface area (Å²) in [4.78, 5) is 25.1. The van der Waals surface area contributed by atoms with Gasteiger partial charge in [-0.15, -0.1) is 11.3 Å². The van der Waals surface area contributed by atoms with Crippen LogP contribution in [0.2, 0.25) is 0 Å². The first kappa shape index (κ1) is 15.5. The van der Waals surface area contributed by atoms with Crippen LogP contribution in [0.15, 0.2) is 11.4 Å². The van der Waals surface area contributed by atoms with E-state index in [1.54, 1.807) is 25.3 Å². The predicted octanol–water partition coefficient (Wildman–Crippen LogP) is 1.96. The standard InChI is InChI=1S/C13H20N2O3S/c1-9-5-7-19-11(9)4-6-14-13(18)15(3)8-10(2)12(16)17/h5,7,10H,4,6,8H2,1-3H3,(H,14,18)(H,16,17). The Bertz CT molecular complexity index is 445. The molecule has 6 heteroatoms. The van der Waals surface area contributed by atoms with Gasteiger partial charge in [0.25, 0.3) is 0 Å². The van der Waals surface area contributed by atoms with Crippen molar-refractivity contribution in [1.29, 1.82) is 0 Å². The minimum atomic E-state index is -0.895. The normalized spacial score (nSPS) is 11.9. The quantitative estimate of drug-likeness (QED) is 0.839. The molecule has 0 aliphatic carbocycles. The molecule has 1 aromatic heterocycles. The van der Waals surface area contributed by atoms with Gasteiger partial charge >= 0.3 is 12.0 Å². The van der Waals surface area contributed by atoms with Gasteiger partial charge in [0.05, 0.1) is 5.92 Å². The molecule has 0 spiro atoms. The number of carboxylic acids is 1. The number of hydrogen-bond acceptors (Lipinski definition) is 3. The third-order valence-electron chi connectivity index (χ3n) is 2.91. The van der Waals surface area contributed by atoms with Crippen molar-refractivity contribution in [2.45, 2.75) is 20.3 Å². The molecule has 1 atom stereocenters. The number of amides is 2. The molecule has 1 unspecified atom stereocenters. The Morgan fingerprint density at radius 1 is 1.53 bits per heavy atom. The molecule has 0 saturated heterocycles. The van der Waals surface area contributed by atoms with E-state index in [2.05, 4.69) is 11.4 Å². The van der Waals surface area contributed by atoms with E-state index in [1.165, 1.54) is 15.3 Å². The van der Waals surface area contributed by atoms with Crippen molar-refractivity contribution in [3.8, 4) is 0 Å². The Kier molecular flexibility index (Phi) is 5.82. The molecule has 2 amide bonds. The fraction of sp³-hybridized carbons (Fsp3) is 0.538. The van der Waals surface area contributed by atoms with Gasteiger partial charge in [-0.2, -0.15) is 0 Å². The average Bonchev–Trinajstić information content (AvgIpc) is 2.74. The zero-order valence-corrected chi connectivity index (χ0v) is 12.3. The SMILES string of the molecule is Cc1ccsc1CCNC(=O)N(C)CC(C)C(=O)O. The first-order valence-electron chi connectivity index (χ1n) is 6.16. The van der Waals surface area contributed by atoms with Gasteiger partial charge in [-0.1, -0.05) is 6.92 Å². The number of rotatable bonds is 6. The van der Waals surface area contributed by atoms with Crippen LogP contribution in [-0.2, 0) is 11.2 Å². The van der Waals surface area contributed by atoms with Crippen LogP contribution in [0.1, 0.15) is 17.4 Å². The van der Waals surface area contributed by atoms with Gasteiger partial charge in [0, 0.05) is 25.0 Å². The van der Waals surface area contributed by atoms with Gasteiger partial charge in [-0.25, -0.2) is 4.79 Å². The Balaban J connectivity index is 2.31. The second kappa shape index (κ2) is 7.13. The predicted molar refractivity (Wildman–Crippen MR) is 75.6 cm³/mol. The molecule has 5 nitrogen and oxygen atoms in total. The molecule has 0 aliphatic heterocycles. The highest BCUT2D eigenvalue weighted by Crippen LogP contribution is 2.15. The van der Waals surface area contributed by atoms with Crippen LogP contribution in [0.25, 0.3) is 0 Å². The number of hydrogen-bond donors (Lipinski definition) is 2. The van der Waals surface area contributed by atoms with Crippen molar-refractivity contribution < 1.29 is 14.7 Å². The van der Waals surface area contributed by atoms with E-state index in [-0.39, 0.29) is 12.6 Å². The zero-order valence-electron chi connectivity index (χ0n) is 11.5. The Labute approximate surface area is 117 Å². The van der Waals surface area contributed by atoms with Crippen molar-refractivity contribution >= 4 is 23.3 Å². The summed E-state index contributed by atoms with van der Waals surface area (Å²) in [7, 11) is 1.60. The highest BCUT2D eigenvalue weighted by Gasteiger charge is 2.16. The summed E-state index contributed by atoms with van der Waals surface area (Å²) in [5.74, 6) is -1.45. The second-order valence-electron chi connectivity index (χ2n) is 4.63. The van der Waals surface area contributed by atoms with Crippen LogP contribution in [0, 0.1) is 12.8 Å². The fourth-order valence-electron chi connectivity index (χ4n) is 1.65. The zero-order chi connectivity index (χ0) is 14.4. The number of carbonyl (C=O) groups excluding carboxylic acids is 1. The summed E-state index contributed by atoms with van der Waals surface area (Å²) in [6.07, 6.45) is 0.803. The van der Waals surface area contributed by atoms with Gasteiger partial charge in [-0.3, -0.25) is 4.79 Å². The van der Waals surface area contributed by atoms with Crippen molar-refractivity contribution in [3.63, 3.8) is 0 Å². The Morgan fingerprint density at radius 3 is 2.74 bits per heavy atom. The molecular formula is C13H20N2O3S. The number of carboxylic acid groups (broad SMARTS) is 1. The van der Waals surface area contributed by atoms with Crippen LogP contribution in [-0.4, -0.2) is 42.1 Å². The first-order valence-corrected chi connectivity index (χ1v) is 7.04. The molecule has 1 aromatic rings. The molecule has 0 bridgehead atoms. The molecule has 1 rings (SSSR count). The highest BCUT2D eigenvalue weighted by atomic mass is 32.1. The minimum absolute atomic E-state index is 0.208. The molecule has 0 fully saturated rings. The maximum atomic E-state index is 11.7. The lowest BCUT2D eigenvalue weighted by Crippen LogP contribution is -2.41. The van der Waals surface area contributed by atoms with Crippen molar-refractivity contribution in [2.75, 3.05) is 20.1 Å². The van der Waals surface area contributed by atoms with Crippen LogP contribution in [0.4, 0.5) is 4.79 Å². The van der Waals surface area contributed by atoms with Gasteiger partial charge in [0.15, 0.2) is 0 Å². The van der Waals surface area contributed by atoms with Crippen LogP contribution in [0.3, 0.4) is 0 Å². The maximum Gasteiger partial charge on any atom is 0.317 e. The van der Waals surface area contributed by atoms with E-state index in [1.807, 2.05) is 12.3 Å².